The normalized spacial score (nSPS) is 13.4. The Labute approximate surface area is 127 Å². The number of methoxy groups -OCH3 is 1. The highest BCUT2D eigenvalue weighted by Gasteiger charge is 2.20. The Bertz CT molecular complexity index is 520. The third-order valence-electron chi connectivity index (χ3n) is 2.92. The smallest absolute Gasteiger partial charge is 0.339 e. The summed E-state index contributed by atoms with van der Waals surface area (Å²) in [7, 11) is 1.24. The Hall–Kier alpha value is -1.63. The highest BCUT2D eigenvalue weighted by atomic mass is 35.5. The Morgan fingerprint density at radius 3 is 2.57 bits per heavy atom. The van der Waals surface area contributed by atoms with Crippen LogP contribution in [-0.4, -0.2) is 41.8 Å². The summed E-state index contributed by atoms with van der Waals surface area (Å²) in [4.78, 5) is 22.1. The van der Waals surface area contributed by atoms with Crippen molar-refractivity contribution in [2.75, 3.05) is 13.7 Å². The molecule has 0 aliphatic rings. The number of hydrogen-bond donors (Lipinski definition) is 3. The largest absolute Gasteiger partial charge is 0.465 e. The summed E-state index contributed by atoms with van der Waals surface area (Å²) in [6, 6.07) is 4.32. The maximum atomic E-state index is 11.4. The van der Waals surface area contributed by atoms with E-state index in [1.165, 1.54) is 32.2 Å². The van der Waals surface area contributed by atoms with Crippen molar-refractivity contribution in [2.24, 2.45) is 0 Å². The number of aliphatic hydroxyl groups is 2. The molecule has 0 aliphatic carbocycles. The minimum absolute atomic E-state index is 0.132. The number of amides is 1. The number of benzene rings is 1. The van der Waals surface area contributed by atoms with Gasteiger partial charge in [-0.2, -0.15) is 0 Å². The van der Waals surface area contributed by atoms with Crippen LogP contribution in [0.25, 0.3) is 0 Å². The van der Waals surface area contributed by atoms with E-state index in [0.717, 1.165) is 0 Å². The predicted molar refractivity (Wildman–Crippen MR) is 77.1 cm³/mol. The molecule has 0 fully saturated rings. The van der Waals surface area contributed by atoms with Gasteiger partial charge in [0.1, 0.15) is 6.10 Å². The standard InChI is InChI=1S/C14H18ClNO5/c1-8(17)16-6-5-12(18)13(19)9-3-4-10(11(15)7-9)14(20)21-2/h3-4,7,12-13,18-19H,5-6H2,1-2H3,(H,16,17). The van der Waals surface area contributed by atoms with Gasteiger partial charge in [-0.1, -0.05) is 17.7 Å². The van der Waals surface area contributed by atoms with Crippen LogP contribution in [0.4, 0.5) is 0 Å². The van der Waals surface area contributed by atoms with Crippen molar-refractivity contribution in [1.82, 2.24) is 5.32 Å². The molecule has 1 amide bonds. The second-order valence-electron chi connectivity index (χ2n) is 4.51. The van der Waals surface area contributed by atoms with Crippen molar-refractivity contribution in [2.45, 2.75) is 25.6 Å². The molecule has 0 spiro atoms. The van der Waals surface area contributed by atoms with E-state index in [1.54, 1.807) is 0 Å². The lowest BCUT2D eigenvalue weighted by Crippen LogP contribution is -2.27. The van der Waals surface area contributed by atoms with Crippen molar-refractivity contribution in [3.63, 3.8) is 0 Å². The van der Waals surface area contributed by atoms with Crippen molar-refractivity contribution in [3.05, 3.63) is 34.3 Å². The van der Waals surface area contributed by atoms with Gasteiger partial charge >= 0.3 is 5.97 Å². The summed E-state index contributed by atoms with van der Waals surface area (Å²) in [5.74, 6) is -0.783. The quantitative estimate of drug-likeness (QED) is 0.682. The fraction of sp³-hybridized carbons (Fsp3) is 0.429. The molecule has 3 N–H and O–H groups in total. The minimum atomic E-state index is -1.16. The summed E-state index contributed by atoms with van der Waals surface area (Å²) in [5, 5.41) is 22.6. The molecule has 0 bridgehead atoms. The van der Waals surface area contributed by atoms with Crippen molar-refractivity contribution in [1.29, 1.82) is 0 Å². The topological polar surface area (TPSA) is 95.9 Å². The van der Waals surface area contributed by atoms with Gasteiger partial charge in [-0.15, -0.1) is 0 Å². The van der Waals surface area contributed by atoms with E-state index < -0.39 is 18.2 Å². The zero-order chi connectivity index (χ0) is 16.0. The minimum Gasteiger partial charge on any atom is -0.465 e. The number of carbonyl (C=O) groups excluding carboxylic acids is 2. The van der Waals surface area contributed by atoms with E-state index in [9.17, 15) is 19.8 Å². The molecule has 0 saturated heterocycles. The molecular weight excluding hydrogens is 298 g/mol. The van der Waals surface area contributed by atoms with Gasteiger partial charge in [0.25, 0.3) is 0 Å². The van der Waals surface area contributed by atoms with Crippen LogP contribution in [0.1, 0.15) is 35.4 Å². The molecule has 1 aromatic carbocycles. The number of esters is 1. The Kier molecular flexibility index (Phi) is 6.61. The molecule has 1 rings (SSSR count). The summed E-state index contributed by atoms with van der Waals surface area (Å²) < 4.78 is 4.56. The molecule has 2 atom stereocenters. The lowest BCUT2D eigenvalue weighted by molar-refractivity contribution is -0.119. The van der Waals surface area contributed by atoms with Gasteiger partial charge in [-0.3, -0.25) is 4.79 Å². The zero-order valence-electron chi connectivity index (χ0n) is 11.8. The molecule has 0 heterocycles. The second-order valence-corrected chi connectivity index (χ2v) is 4.92. The van der Waals surface area contributed by atoms with Gasteiger partial charge in [-0.05, 0) is 24.1 Å². The molecule has 0 saturated carbocycles. The highest BCUT2D eigenvalue weighted by Crippen LogP contribution is 2.25. The number of carbonyl (C=O) groups is 2. The van der Waals surface area contributed by atoms with Gasteiger partial charge < -0.3 is 20.3 Å². The molecule has 0 radical (unpaired) electrons. The van der Waals surface area contributed by atoms with Crippen LogP contribution in [0.15, 0.2) is 18.2 Å². The van der Waals surface area contributed by atoms with Crippen LogP contribution < -0.4 is 5.32 Å². The van der Waals surface area contributed by atoms with E-state index in [-0.39, 0.29) is 29.5 Å². The summed E-state index contributed by atoms with van der Waals surface area (Å²) in [5.41, 5.74) is 0.561. The Morgan fingerprint density at radius 2 is 2.05 bits per heavy atom. The number of ether oxygens (including phenoxy) is 1. The Balaban J connectivity index is 2.74. The maximum absolute atomic E-state index is 11.4. The van der Waals surface area contributed by atoms with Crippen LogP contribution >= 0.6 is 11.6 Å². The van der Waals surface area contributed by atoms with Crippen molar-refractivity contribution in [3.8, 4) is 0 Å². The maximum Gasteiger partial charge on any atom is 0.339 e. The summed E-state index contributed by atoms with van der Waals surface area (Å²) in [6.45, 7) is 1.62. The zero-order valence-corrected chi connectivity index (χ0v) is 12.6. The SMILES string of the molecule is COC(=O)c1ccc(C(O)C(O)CCNC(C)=O)cc1Cl. The third kappa shape index (κ3) is 5.00. The van der Waals surface area contributed by atoms with Gasteiger partial charge in [0, 0.05) is 13.5 Å². The lowest BCUT2D eigenvalue weighted by atomic mass is 10.0. The second kappa shape index (κ2) is 7.97. The van der Waals surface area contributed by atoms with Crippen LogP contribution in [0.5, 0.6) is 0 Å². The first-order valence-electron chi connectivity index (χ1n) is 6.35. The van der Waals surface area contributed by atoms with Gasteiger partial charge in [0.05, 0.1) is 23.8 Å². The highest BCUT2D eigenvalue weighted by molar-refractivity contribution is 6.33. The predicted octanol–water partition coefficient (Wildman–Crippen LogP) is 1.05. The van der Waals surface area contributed by atoms with Crippen LogP contribution in [0.2, 0.25) is 5.02 Å². The van der Waals surface area contributed by atoms with Crippen molar-refractivity contribution >= 4 is 23.5 Å². The van der Waals surface area contributed by atoms with Crippen molar-refractivity contribution < 1.29 is 24.5 Å². The molecule has 116 valence electrons. The van der Waals surface area contributed by atoms with E-state index in [0.29, 0.717) is 5.56 Å². The summed E-state index contributed by atoms with van der Waals surface area (Å²) in [6.07, 6.45) is -2.03. The third-order valence-corrected chi connectivity index (χ3v) is 3.23. The molecular formula is C14H18ClNO5. The molecule has 2 unspecified atom stereocenters. The molecule has 6 nitrogen and oxygen atoms in total. The van der Waals surface area contributed by atoms with E-state index in [1.807, 2.05) is 0 Å². The fourth-order valence-electron chi connectivity index (χ4n) is 1.77. The molecule has 0 aromatic heterocycles. The number of rotatable bonds is 6. The van der Waals surface area contributed by atoms with Gasteiger partial charge in [0.2, 0.25) is 5.91 Å². The van der Waals surface area contributed by atoms with Crippen LogP contribution in [-0.2, 0) is 9.53 Å². The Morgan fingerprint density at radius 1 is 1.38 bits per heavy atom. The molecule has 7 heteroatoms. The van der Waals surface area contributed by atoms with Gasteiger partial charge in [-0.25, -0.2) is 4.79 Å². The van der Waals surface area contributed by atoms with Gasteiger partial charge in [0.15, 0.2) is 0 Å². The first kappa shape index (κ1) is 17.4. The number of nitrogens with one attached hydrogen (secondary N) is 1. The average Bonchev–Trinajstić information content (AvgIpc) is 2.45. The van der Waals surface area contributed by atoms with E-state index in [2.05, 4.69) is 10.1 Å². The number of aliphatic hydroxyl groups excluding tert-OH is 2. The first-order chi connectivity index (χ1) is 9.86. The summed E-state index contributed by atoms with van der Waals surface area (Å²) >= 11 is 5.95. The fourth-order valence-corrected chi connectivity index (χ4v) is 2.03. The van der Waals surface area contributed by atoms with E-state index >= 15 is 0 Å². The lowest BCUT2D eigenvalue weighted by Gasteiger charge is -2.19. The first-order valence-corrected chi connectivity index (χ1v) is 6.73. The molecule has 1 aromatic rings. The van der Waals surface area contributed by atoms with Crippen LogP contribution in [0.3, 0.4) is 0 Å². The van der Waals surface area contributed by atoms with E-state index in [4.69, 9.17) is 11.6 Å². The monoisotopic (exact) mass is 315 g/mol. The molecule has 0 aliphatic heterocycles. The number of hydrogen-bond acceptors (Lipinski definition) is 5. The van der Waals surface area contributed by atoms with Crippen LogP contribution in [0, 0.1) is 0 Å². The number of halogens is 1. The average molecular weight is 316 g/mol. The molecule has 21 heavy (non-hydrogen) atoms.